The van der Waals surface area contributed by atoms with E-state index in [-0.39, 0.29) is 23.3 Å². The first-order chi connectivity index (χ1) is 7.65. The minimum absolute atomic E-state index is 0. The van der Waals surface area contributed by atoms with E-state index in [2.05, 4.69) is 4.74 Å². The summed E-state index contributed by atoms with van der Waals surface area (Å²) in [4.78, 5) is 36.3. The lowest BCUT2D eigenvalue weighted by molar-refractivity contribution is 0.172. The van der Waals surface area contributed by atoms with Crippen LogP contribution in [0.5, 0.6) is 0 Å². The topological polar surface area (TPSA) is 81.2 Å². The molecule has 0 amide bonds. The van der Waals surface area contributed by atoms with Crippen LogP contribution in [0.3, 0.4) is 0 Å². The number of carbonyl (C=O) groups excluding carboxylic acids is 1. The van der Waals surface area contributed by atoms with Crippen molar-refractivity contribution < 1.29 is 9.53 Å². The van der Waals surface area contributed by atoms with E-state index in [1.165, 1.54) is 12.1 Å². The fraction of sp³-hybridized carbons (Fsp3) is 0.100. The zero-order valence-electron chi connectivity index (χ0n) is 8.80. The third-order valence-electron chi connectivity index (χ3n) is 2.17. The maximum Gasteiger partial charge on any atom is 0.422 e. The largest absolute Gasteiger partial charge is 0.452 e. The lowest BCUT2D eigenvalue weighted by Crippen LogP contribution is -2.34. The molecule has 1 heterocycles. The number of carbonyl (C=O) groups is 1. The van der Waals surface area contributed by atoms with Gasteiger partial charge in [0.15, 0.2) is 0 Å². The number of para-hydroxylation sites is 1. The standard InChI is InChI=1S/C10H8N2O4.ClH/c1-16-10(15)12-7-5-3-2-4-6(7)8(13)11-9(12)14;/h2-5H,1H3,(H,11,13,14);1H. The Morgan fingerprint density at radius 1 is 1.29 bits per heavy atom. The molecule has 0 radical (unpaired) electrons. The van der Waals surface area contributed by atoms with Gasteiger partial charge in [-0.05, 0) is 12.1 Å². The van der Waals surface area contributed by atoms with Crippen LogP contribution in [0.25, 0.3) is 10.9 Å². The molecule has 0 aliphatic rings. The van der Waals surface area contributed by atoms with Gasteiger partial charge in [0.25, 0.3) is 5.56 Å². The second-order valence-corrected chi connectivity index (χ2v) is 3.08. The number of aromatic amines is 1. The summed E-state index contributed by atoms with van der Waals surface area (Å²) in [5.41, 5.74) is -1.11. The maximum absolute atomic E-state index is 11.5. The molecule has 1 aromatic carbocycles. The average molecular weight is 257 g/mol. The van der Waals surface area contributed by atoms with Crippen molar-refractivity contribution in [2.45, 2.75) is 0 Å². The van der Waals surface area contributed by atoms with Crippen molar-refractivity contribution in [2.24, 2.45) is 0 Å². The Morgan fingerprint density at radius 3 is 2.59 bits per heavy atom. The van der Waals surface area contributed by atoms with E-state index in [9.17, 15) is 14.4 Å². The Balaban J connectivity index is 0.00000144. The molecule has 0 unspecified atom stereocenters. The molecule has 1 N–H and O–H groups in total. The van der Waals surface area contributed by atoms with Crippen LogP contribution >= 0.6 is 12.4 Å². The first-order valence-electron chi connectivity index (χ1n) is 4.47. The van der Waals surface area contributed by atoms with Crippen LogP contribution in [0.2, 0.25) is 0 Å². The highest BCUT2D eigenvalue weighted by molar-refractivity contribution is 5.86. The summed E-state index contributed by atoms with van der Waals surface area (Å²) in [6.45, 7) is 0. The average Bonchev–Trinajstić information content (AvgIpc) is 2.28. The number of benzene rings is 1. The van der Waals surface area contributed by atoms with Crippen molar-refractivity contribution in [1.82, 2.24) is 9.55 Å². The summed E-state index contributed by atoms with van der Waals surface area (Å²) in [6, 6.07) is 6.29. The monoisotopic (exact) mass is 256 g/mol. The lowest BCUT2D eigenvalue weighted by Gasteiger charge is -2.05. The van der Waals surface area contributed by atoms with Gasteiger partial charge < -0.3 is 4.74 Å². The SMILES string of the molecule is COC(=O)n1c(=O)[nH]c(=O)c2ccccc21.Cl. The van der Waals surface area contributed by atoms with Gasteiger partial charge >= 0.3 is 11.8 Å². The molecule has 2 rings (SSSR count). The molecular formula is C10H9ClN2O4. The fourth-order valence-corrected chi connectivity index (χ4v) is 1.46. The van der Waals surface area contributed by atoms with Gasteiger partial charge in [0.05, 0.1) is 18.0 Å². The van der Waals surface area contributed by atoms with E-state index in [1.807, 2.05) is 4.98 Å². The molecule has 0 atom stereocenters. The Hall–Kier alpha value is -2.08. The van der Waals surface area contributed by atoms with Gasteiger partial charge in [-0.2, -0.15) is 4.57 Å². The lowest BCUT2D eigenvalue weighted by atomic mass is 10.2. The Kier molecular flexibility index (Phi) is 3.69. The zero-order chi connectivity index (χ0) is 11.7. The molecule has 2 aromatic rings. The minimum atomic E-state index is -0.836. The molecule has 0 bridgehead atoms. The van der Waals surface area contributed by atoms with E-state index in [1.54, 1.807) is 12.1 Å². The van der Waals surface area contributed by atoms with Gasteiger partial charge in [-0.1, -0.05) is 12.1 Å². The number of hydrogen-bond donors (Lipinski definition) is 1. The van der Waals surface area contributed by atoms with Crippen LogP contribution in [0.15, 0.2) is 33.9 Å². The first kappa shape index (κ1) is 13.0. The highest BCUT2D eigenvalue weighted by atomic mass is 35.5. The minimum Gasteiger partial charge on any atom is -0.452 e. The molecule has 0 saturated heterocycles. The van der Waals surface area contributed by atoms with Crippen molar-refractivity contribution in [3.63, 3.8) is 0 Å². The molecule has 0 spiro atoms. The second kappa shape index (κ2) is 4.84. The van der Waals surface area contributed by atoms with Crippen molar-refractivity contribution in [3.05, 3.63) is 45.1 Å². The summed E-state index contributed by atoms with van der Waals surface area (Å²) >= 11 is 0. The molecule has 17 heavy (non-hydrogen) atoms. The molecule has 0 fully saturated rings. The maximum atomic E-state index is 11.5. The Morgan fingerprint density at radius 2 is 1.94 bits per heavy atom. The summed E-state index contributed by atoms with van der Waals surface area (Å²) in [5, 5.41) is 0.257. The van der Waals surface area contributed by atoms with Gasteiger partial charge in [-0.3, -0.25) is 9.78 Å². The zero-order valence-corrected chi connectivity index (χ0v) is 9.61. The van der Waals surface area contributed by atoms with Crippen LogP contribution < -0.4 is 11.2 Å². The number of H-pyrrole nitrogens is 1. The molecular weight excluding hydrogens is 248 g/mol. The van der Waals surface area contributed by atoms with Crippen molar-refractivity contribution in [1.29, 1.82) is 0 Å². The number of methoxy groups -OCH3 is 1. The van der Waals surface area contributed by atoms with Crippen LogP contribution in [0.4, 0.5) is 4.79 Å². The molecule has 0 aliphatic carbocycles. The molecule has 6 nitrogen and oxygen atoms in total. The number of hydrogen-bond acceptors (Lipinski definition) is 4. The fourth-order valence-electron chi connectivity index (χ4n) is 1.46. The Bertz CT molecular complexity index is 674. The number of nitrogens with one attached hydrogen (secondary N) is 1. The summed E-state index contributed by atoms with van der Waals surface area (Å²) < 4.78 is 5.24. The normalized spacial score (nSPS) is 9.71. The van der Waals surface area contributed by atoms with Gasteiger partial charge in [0.2, 0.25) is 0 Å². The van der Waals surface area contributed by atoms with E-state index >= 15 is 0 Å². The van der Waals surface area contributed by atoms with E-state index < -0.39 is 17.3 Å². The predicted octanol–water partition coefficient (Wildman–Crippen LogP) is 0.726. The van der Waals surface area contributed by atoms with Crippen molar-refractivity contribution in [3.8, 4) is 0 Å². The third kappa shape index (κ3) is 2.07. The smallest absolute Gasteiger partial charge is 0.422 e. The second-order valence-electron chi connectivity index (χ2n) is 3.08. The number of halogens is 1. The number of ether oxygens (including phenoxy) is 1. The first-order valence-corrected chi connectivity index (χ1v) is 4.47. The van der Waals surface area contributed by atoms with E-state index in [0.29, 0.717) is 0 Å². The molecule has 7 heteroatoms. The van der Waals surface area contributed by atoms with Gasteiger partial charge in [-0.25, -0.2) is 9.59 Å². The summed E-state index contributed by atoms with van der Waals surface area (Å²) in [5.74, 6) is 0. The van der Waals surface area contributed by atoms with Gasteiger partial charge in [0, 0.05) is 0 Å². The number of rotatable bonds is 0. The van der Waals surface area contributed by atoms with Crippen LogP contribution in [0, 0.1) is 0 Å². The van der Waals surface area contributed by atoms with Crippen LogP contribution in [0.1, 0.15) is 0 Å². The number of fused-ring (bicyclic) bond motifs is 1. The molecule has 1 aromatic heterocycles. The highest BCUT2D eigenvalue weighted by Crippen LogP contribution is 2.06. The van der Waals surface area contributed by atoms with E-state index in [0.717, 1.165) is 11.7 Å². The van der Waals surface area contributed by atoms with Gasteiger partial charge in [0.1, 0.15) is 0 Å². The quantitative estimate of drug-likeness (QED) is 0.753. The summed E-state index contributed by atoms with van der Waals surface area (Å²) in [6.07, 6.45) is -0.836. The van der Waals surface area contributed by atoms with Crippen LogP contribution in [-0.2, 0) is 4.74 Å². The summed E-state index contributed by atoms with van der Waals surface area (Å²) in [7, 11) is 1.16. The van der Waals surface area contributed by atoms with Crippen LogP contribution in [-0.4, -0.2) is 22.8 Å². The van der Waals surface area contributed by atoms with Crippen molar-refractivity contribution >= 4 is 29.4 Å². The molecule has 90 valence electrons. The van der Waals surface area contributed by atoms with Gasteiger partial charge in [-0.15, -0.1) is 12.4 Å². The number of nitrogens with zero attached hydrogens (tertiary/aromatic N) is 1. The Labute approximate surface area is 101 Å². The predicted molar refractivity (Wildman–Crippen MR) is 63.9 cm³/mol. The third-order valence-corrected chi connectivity index (χ3v) is 2.17. The van der Waals surface area contributed by atoms with E-state index in [4.69, 9.17) is 0 Å². The molecule has 0 saturated carbocycles. The molecule has 0 aliphatic heterocycles. The van der Waals surface area contributed by atoms with Crippen molar-refractivity contribution in [2.75, 3.05) is 7.11 Å². The highest BCUT2D eigenvalue weighted by Gasteiger charge is 2.12. The number of aromatic nitrogens is 2.